The average Bonchev–Trinajstić information content (AvgIpc) is 3.57. The quantitative estimate of drug-likeness (QED) is 0.520. The summed E-state index contributed by atoms with van der Waals surface area (Å²) in [6.45, 7) is 6.10. The number of aromatic nitrogens is 2. The predicted molar refractivity (Wildman–Crippen MR) is 145 cm³/mol. The number of piperidine rings is 1. The smallest absolute Gasteiger partial charge is 0.232 e. The number of hydrogen-bond donors (Lipinski definition) is 2. The van der Waals surface area contributed by atoms with Crippen LogP contribution in [0.25, 0.3) is 0 Å². The SMILES string of the molecule is CC1CCCCN1c1cc(N2CCCC2)nc(NC(=S)NCC2(c3ccc(F)cc3)CCCC2)n1. The van der Waals surface area contributed by atoms with Crippen LogP contribution in [0.5, 0.6) is 0 Å². The second-order valence-electron chi connectivity index (χ2n) is 10.4. The lowest BCUT2D eigenvalue weighted by Gasteiger charge is -2.35. The first-order valence-corrected chi connectivity index (χ1v) is 13.6. The molecule has 2 N–H and O–H groups in total. The molecule has 3 aliphatic rings. The number of thiocarbonyl (C=S) groups is 1. The van der Waals surface area contributed by atoms with Gasteiger partial charge in [0.1, 0.15) is 17.5 Å². The lowest BCUT2D eigenvalue weighted by molar-refractivity contribution is 0.434. The molecule has 1 atom stereocenters. The van der Waals surface area contributed by atoms with Gasteiger partial charge in [-0.25, -0.2) is 4.39 Å². The zero-order chi connectivity index (χ0) is 24.3. The van der Waals surface area contributed by atoms with E-state index < -0.39 is 0 Å². The van der Waals surface area contributed by atoms with Crippen molar-refractivity contribution in [2.45, 2.75) is 76.2 Å². The fourth-order valence-electron chi connectivity index (χ4n) is 5.99. The van der Waals surface area contributed by atoms with Crippen LogP contribution in [-0.2, 0) is 5.41 Å². The van der Waals surface area contributed by atoms with E-state index in [1.807, 2.05) is 12.1 Å². The normalized spacial score (nSPS) is 21.8. The number of benzene rings is 1. The van der Waals surface area contributed by atoms with E-state index in [0.717, 1.165) is 44.1 Å². The number of rotatable bonds is 6. The zero-order valence-corrected chi connectivity index (χ0v) is 21.5. The third-order valence-corrected chi connectivity index (χ3v) is 8.30. The maximum atomic E-state index is 13.5. The number of nitrogens with one attached hydrogen (secondary N) is 2. The van der Waals surface area contributed by atoms with Crippen molar-refractivity contribution in [3.05, 3.63) is 41.7 Å². The Morgan fingerprint density at radius 2 is 1.69 bits per heavy atom. The molecule has 2 aliphatic heterocycles. The van der Waals surface area contributed by atoms with Crippen molar-refractivity contribution in [2.75, 3.05) is 41.3 Å². The Morgan fingerprint density at radius 1 is 1.00 bits per heavy atom. The lowest BCUT2D eigenvalue weighted by atomic mass is 9.79. The Morgan fingerprint density at radius 3 is 2.40 bits per heavy atom. The predicted octanol–water partition coefficient (Wildman–Crippen LogP) is 5.39. The van der Waals surface area contributed by atoms with Crippen molar-refractivity contribution in [3.8, 4) is 0 Å². The summed E-state index contributed by atoms with van der Waals surface area (Å²) >= 11 is 5.70. The van der Waals surface area contributed by atoms with Crippen LogP contribution in [-0.4, -0.2) is 47.3 Å². The molecule has 0 amide bonds. The van der Waals surface area contributed by atoms with E-state index in [0.29, 0.717) is 23.6 Å². The van der Waals surface area contributed by atoms with E-state index in [1.165, 1.54) is 50.5 Å². The molecule has 1 aromatic heterocycles. The topological polar surface area (TPSA) is 56.3 Å². The standard InChI is InChI=1S/C27H37FN6S/c1-20-8-2-5-17-34(20)24-18-23(33-15-6-7-16-33)30-25(31-24)32-26(35)29-19-27(13-3-4-14-27)21-9-11-22(28)12-10-21/h9-12,18,20H,2-8,13-17,19H2,1H3,(H2,29,30,31,32,35). The maximum Gasteiger partial charge on any atom is 0.232 e. The highest BCUT2D eigenvalue weighted by Crippen LogP contribution is 2.40. The zero-order valence-electron chi connectivity index (χ0n) is 20.7. The number of anilines is 3. The monoisotopic (exact) mass is 496 g/mol. The van der Waals surface area contributed by atoms with Crippen LogP contribution >= 0.6 is 12.2 Å². The van der Waals surface area contributed by atoms with E-state index in [-0.39, 0.29) is 11.2 Å². The van der Waals surface area contributed by atoms with Gasteiger partial charge in [0.2, 0.25) is 5.95 Å². The summed E-state index contributed by atoms with van der Waals surface area (Å²) < 4.78 is 13.5. The second kappa shape index (κ2) is 10.6. The molecule has 1 saturated carbocycles. The summed E-state index contributed by atoms with van der Waals surface area (Å²) in [6.07, 6.45) is 10.6. The van der Waals surface area contributed by atoms with E-state index in [1.54, 1.807) is 12.1 Å². The first kappa shape index (κ1) is 24.2. The minimum atomic E-state index is -0.194. The molecule has 0 bridgehead atoms. The van der Waals surface area contributed by atoms with E-state index in [2.05, 4.69) is 33.4 Å². The molecule has 6 nitrogen and oxygen atoms in total. The van der Waals surface area contributed by atoms with Crippen LogP contribution in [0.2, 0.25) is 0 Å². The molecule has 1 unspecified atom stereocenters. The van der Waals surface area contributed by atoms with Crippen molar-refractivity contribution in [3.63, 3.8) is 0 Å². The fourth-order valence-corrected chi connectivity index (χ4v) is 6.15. The highest BCUT2D eigenvalue weighted by Gasteiger charge is 2.35. The summed E-state index contributed by atoms with van der Waals surface area (Å²) in [7, 11) is 0. The van der Waals surface area contributed by atoms with Gasteiger partial charge in [-0.15, -0.1) is 0 Å². The van der Waals surface area contributed by atoms with Crippen molar-refractivity contribution in [1.29, 1.82) is 0 Å². The van der Waals surface area contributed by atoms with Gasteiger partial charge in [0.15, 0.2) is 5.11 Å². The van der Waals surface area contributed by atoms with Gasteiger partial charge in [0.05, 0.1) is 0 Å². The highest BCUT2D eigenvalue weighted by molar-refractivity contribution is 7.80. The molecule has 3 heterocycles. The Kier molecular flexibility index (Phi) is 7.37. The fraction of sp³-hybridized carbons (Fsp3) is 0.593. The first-order valence-electron chi connectivity index (χ1n) is 13.2. The van der Waals surface area contributed by atoms with Gasteiger partial charge in [-0.3, -0.25) is 0 Å². The molecular formula is C27H37FN6S. The molecule has 5 rings (SSSR count). The number of nitrogens with zero attached hydrogens (tertiary/aromatic N) is 4. The lowest BCUT2D eigenvalue weighted by Crippen LogP contribution is -2.41. The minimum absolute atomic E-state index is 0.0217. The molecule has 2 saturated heterocycles. The first-order chi connectivity index (χ1) is 17.0. The molecular weight excluding hydrogens is 459 g/mol. The van der Waals surface area contributed by atoms with Crippen LogP contribution in [0.1, 0.15) is 70.3 Å². The molecule has 3 fully saturated rings. The molecule has 188 valence electrons. The Hall–Kier alpha value is -2.48. The Balaban J connectivity index is 1.32. The summed E-state index contributed by atoms with van der Waals surface area (Å²) in [5, 5.41) is 7.27. The van der Waals surface area contributed by atoms with Gasteiger partial charge in [-0.2, -0.15) is 9.97 Å². The van der Waals surface area contributed by atoms with Gasteiger partial charge < -0.3 is 20.4 Å². The van der Waals surface area contributed by atoms with Crippen molar-refractivity contribution >= 4 is 34.9 Å². The van der Waals surface area contributed by atoms with Gasteiger partial charge in [0, 0.05) is 43.7 Å². The molecule has 1 aromatic carbocycles. The molecule has 2 aromatic rings. The van der Waals surface area contributed by atoms with Crippen LogP contribution in [0.15, 0.2) is 30.3 Å². The molecule has 35 heavy (non-hydrogen) atoms. The average molecular weight is 497 g/mol. The van der Waals surface area contributed by atoms with Crippen molar-refractivity contribution in [1.82, 2.24) is 15.3 Å². The van der Waals surface area contributed by atoms with Crippen LogP contribution in [0.3, 0.4) is 0 Å². The minimum Gasteiger partial charge on any atom is -0.361 e. The van der Waals surface area contributed by atoms with Gasteiger partial charge in [-0.1, -0.05) is 25.0 Å². The third kappa shape index (κ3) is 5.52. The second-order valence-corrected chi connectivity index (χ2v) is 10.9. The molecule has 1 aliphatic carbocycles. The highest BCUT2D eigenvalue weighted by atomic mass is 32.1. The largest absolute Gasteiger partial charge is 0.361 e. The summed E-state index contributed by atoms with van der Waals surface area (Å²) in [5.41, 5.74) is 1.16. The summed E-state index contributed by atoms with van der Waals surface area (Å²) in [4.78, 5) is 14.5. The third-order valence-electron chi connectivity index (χ3n) is 8.06. The number of hydrogen-bond acceptors (Lipinski definition) is 5. The molecule has 8 heteroatoms. The van der Waals surface area contributed by atoms with E-state index in [9.17, 15) is 4.39 Å². The van der Waals surface area contributed by atoms with Crippen LogP contribution in [0, 0.1) is 5.82 Å². The van der Waals surface area contributed by atoms with Gasteiger partial charge >= 0.3 is 0 Å². The van der Waals surface area contributed by atoms with Crippen LogP contribution < -0.4 is 20.4 Å². The summed E-state index contributed by atoms with van der Waals surface area (Å²) in [6, 6.07) is 9.60. The number of halogens is 1. The molecule has 0 spiro atoms. The molecule has 0 radical (unpaired) electrons. The van der Waals surface area contributed by atoms with Crippen molar-refractivity contribution < 1.29 is 4.39 Å². The van der Waals surface area contributed by atoms with Crippen molar-refractivity contribution in [2.24, 2.45) is 0 Å². The van der Waals surface area contributed by atoms with Gasteiger partial charge in [0.25, 0.3) is 0 Å². The van der Waals surface area contributed by atoms with E-state index in [4.69, 9.17) is 22.2 Å². The Bertz CT molecular complexity index is 1020. The van der Waals surface area contributed by atoms with Gasteiger partial charge in [-0.05, 0) is 81.8 Å². The van der Waals surface area contributed by atoms with E-state index >= 15 is 0 Å². The maximum absolute atomic E-state index is 13.5. The van der Waals surface area contributed by atoms with Crippen LogP contribution in [0.4, 0.5) is 22.0 Å². The summed E-state index contributed by atoms with van der Waals surface area (Å²) in [5.74, 6) is 2.33. The Labute approximate surface area is 213 Å².